The summed E-state index contributed by atoms with van der Waals surface area (Å²) in [5.41, 5.74) is 4.12. The number of nitrogens with zero attached hydrogens (tertiary/aromatic N) is 2. The van der Waals surface area contributed by atoms with Crippen LogP contribution in [0.4, 0.5) is 0 Å². The maximum Gasteiger partial charge on any atom is 0.253 e. The second kappa shape index (κ2) is 7.53. The third-order valence-corrected chi connectivity index (χ3v) is 4.94. The molecule has 0 saturated heterocycles. The summed E-state index contributed by atoms with van der Waals surface area (Å²) < 4.78 is 0. The number of dihydropyridines is 1. The molecule has 0 spiro atoms. The van der Waals surface area contributed by atoms with Crippen molar-refractivity contribution in [1.82, 2.24) is 25.6 Å². The van der Waals surface area contributed by atoms with Crippen LogP contribution in [0.15, 0.2) is 53.0 Å². The van der Waals surface area contributed by atoms with Gasteiger partial charge in [0.1, 0.15) is 5.82 Å². The monoisotopic (exact) mass is 365 g/mol. The first-order valence-electron chi connectivity index (χ1n) is 8.56. The summed E-state index contributed by atoms with van der Waals surface area (Å²) in [4.78, 5) is 24.6. The van der Waals surface area contributed by atoms with E-state index in [0.29, 0.717) is 23.3 Å². The van der Waals surface area contributed by atoms with Crippen molar-refractivity contribution in [3.8, 4) is 11.4 Å². The number of nitrogens with one attached hydrogen (secondary N) is 3. The van der Waals surface area contributed by atoms with Gasteiger partial charge in [-0.05, 0) is 48.2 Å². The number of carbonyl (C=O) groups excluding carboxylic acids is 1. The van der Waals surface area contributed by atoms with Crippen molar-refractivity contribution in [2.75, 3.05) is 13.1 Å². The van der Waals surface area contributed by atoms with E-state index in [9.17, 15) is 4.79 Å². The van der Waals surface area contributed by atoms with Gasteiger partial charge in [-0.15, -0.1) is 0 Å². The van der Waals surface area contributed by atoms with Gasteiger partial charge in [-0.25, -0.2) is 9.97 Å². The Kier molecular flexibility index (Phi) is 4.79. The standard InChI is InChI=1S/C19H19N5OS/c25-19(22-7-1-2-13-3-8-20-9-4-13)15-5-10-21-18-16(15)23-17(24-18)14-6-11-26-12-14/h3-6,8,10-12,20H,1-2,7,9H2,(H,22,25)(H,21,23,24). The molecule has 4 rings (SSSR count). The summed E-state index contributed by atoms with van der Waals surface area (Å²) in [5.74, 6) is 0.631. The third-order valence-electron chi connectivity index (χ3n) is 4.26. The van der Waals surface area contributed by atoms with Gasteiger partial charge < -0.3 is 15.6 Å². The minimum Gasteiger partial charge on any atom is -0.387 e. The van der Waals surface area contributed by atoms with Gasteiger partial charge in [-0.1, -0.05) is 6.08 Å². The van der Waals surface area contributed by atoms with Crippen molar-refractivity contribution in [3.63, 3.8) is 0 Å². The number of thiophene rings is 1. The molecule has 0 atom stereocenters. The van der Waals surface area contributed by atoms with Crippen LogP contribution in [0.5, 0.6) is 0 Å². The summed E-state index contributed by atoms with van der Waals surface area (Å²) in [6.45, 7) is 1.51. The van der Waals surface area contributed by atoms with Gasteiger partial charge in [-0.3, -0.25) is 4.79 Å². The highest BCUT2D eigenvalue weighted by molar-refractivity contribution is 7.08. The highest BCUT2D eigenvalue weighted by atomic mass is 32.1. The van der Waals surface area contributed by atoms with E-state index >= 15 is 0 Å². The van der Waals surface area contributed by atoms with E-state index in [2.05, 4.69) is 37.7 Å². The number of aromatic amines is 1. The van der Waals surface area contributed by atoms with E-state index in [0.717, 1.165) is 30.8 Å². The number of H-pyrrole nitrogens is 1. The summed E-state index contributed by atoms with van der Waals surface area (Å²) in [6.07, 6.45) is 9.69. The van der Waals surface area contributed by atoms with Crippen LogP contribution in [0.3, 0.4) is 0 Å². The van der Waals surface area contributed by atoms with Crippen LogP contribution < -0.4 is 10.6 Å². The average molecular weight is 365 g/mol. The van der Waals surface area contributed by atoms with Crippen molar-refractivity contribution in [2.24, 2.45) is 0 Å². The molecule has 3 aromatic heterocycles. The zero-order chi connectivity index (χ0) is 17.8. The van der Waals surface area contributed by atoms with Gasteiger partial charge in [-0.2, -0.15) is 11.3 Å². The minimum atomic E-state index is -0.104. The van der Waals surface area contributed by atoms with Crippen LogP contribution in [0.1, 0.15) is 23.2 Å². The lowest BCUT2D eigenvalue weighted by atomic mass is 10.1. The van der Waals surface area contributed by atoms with Crippen LogP contribution in [0.25, 0.3) is 22.6 Å². The zero-order valence-corrected chi connectivity index (χ0v) is 15.0. The topological polar surface area (TPSA) is 82.7 Å². The molecular formula is C19H19N5OS. The van der Waals surface area contributed by atoms with E-state index in [4.69, 9.17) is 0 Å². The lowest BCUT2D eigenvalue weighted by molar-refractivity contribution is 0.0954. The molecule has 132 valence electrons. The summed E-state index contributed by atoms with van der Waals surface area (Å²) in [6, 6.07) is 3.72. The van der Waals surface area contributed by atoms with Crippen molar-refractivity contribution in [3.05, 3.63) is 58.6 Å². The van der Waals surface area contributed by atoms with Crippen molar-refractivity contribution in [1.29, 1.82) is 0 Å². The van der Waals surface area contributed by atoms with Crippen LogP contribution in [0.2, 0.25) is 0 Å². The van der Waals surface area contributed by atoms with E-state index in [1.165, 1.54) is 5.57 Å². The first kappa shape index (κ1) is 16.5. The molecule has 1 amide bonds. The van der Waals surface area contributed by atoms with E-state index < -0.39 is 0 Å². The number of carbonyl (C=O) groups is 1. The van der Waals surface area contributed by atoms with Crippen LogP contribution in [-0.2, 0) is 0 Å². The Morgan fingerprint density at radius 2 is 2.31 bits per heavy atom. The molecule has 0 unspecified atom stereocenters. The molecule has 0 saturated carbocycles. The number of amides is 1. The number of fused-ring (bicyclic) bond motifs is 1. The van der Waals surface area contributed by atoms with Crippen LogP contribution >= 0.6 is 11.3 Å². The Balaban J connectivity index is 1.43. The molecule has 3 aromatic rings. The Bertz CT molecular complexity index is 971. The second-order valence-corrected chi connectivity index (χ2v) is 6.81. The highest BCUT2D eigenvalue weighted by Gasteiger charge is 2.15. The lowest BCUT2D eigenvalue weighted by Gasteiger charge is -2.09. The molecule has 26 heavy (non-hydrogen) atoms. The van der Waals surface area contributed by atoms with E-state index in [-0.39, 0.29) is 5.91 Å². The summed E-state index contributed by atoms with van der Waals surface area (Å²) in [5, 5.41) is 10.1. The van der Waals surface area contributed by atoms with Crippen molar-refractivity contribution >= 4 is 28.4 Å². The van der Waals surface area contributed by atoms with Gasteiger partial charge in [0, 0.05) is 30.2 Å². The number of rotatable bonds is 6. The first-order valence-corrected chi connectivity index (χ1v) is 9.50. The smallest absolute Gasteiger partial charge is 0.253 e. The maximum absolute atomic E-state index is 12.6. The lowest BCUT2D eigenvalue weighted by Crippen LogP contribution is -2.25. The second-order valence-electron chi connectivity index (χ2n) is 6.03. The Morgan fingerprint density at radius 3 is 3.12 bits per heavy atom. The number of aromatic nitrogens is 3. The molecule has 6 nitrogen and oxygen atoms in total. The molecule has 0 aliphatic carbocycles. The number of allylic oxidation sites excluding steroid dienone is 2. The number of imidazole rings is 1. The molecule has 7 heteroatoms. The fourth-order valence-corrected chi connectivity index (χ4v) is 3.54. The Morgan fingerprint density at radius 1 is 1.35 bits per heavy atom. The normalized spacial score (nSPS) is 13.5. The molecule has 0 fully saturated rings. The number of hydrogen-bond donors (Lipinski definition) is 3. The van der Waals surface area contributed by atoms with Crippen molar-refractivity contribution in [2.45, 2.75) is 12.8 Å². The first-order chi connectivity index (χ1) is 12.8. The fraction of sp³-hybridized carbons (Fsp3) is 0.211. The Hall–Kier alpha value is -2.93. The van der Waals surface area contributed by atoms with E-state index in [1.807, 2.05) is 23.0 Å². The predicted molar refractivity (Wildman–Crippen MR) is 104 cm³/mol. The van der Waals surface area contributed by atoms with Gasteiger partial charge >= 0.3 is 0 Å². The largest absolute Gasteiger partial charge is 0.387 e. The molecule has 1 aliphatic heterocycles. The van der Waals surface area contributed by atoms with Crippen LogP contribution in [-0.4, -0.2) is 33.9 Å². The van der Waals surface area contributed by atoms with Gasteiger partial charge in [0.15, 0.2) is 5.65 Å². The van der Waals surface area contributed by atoms with Gasteiger partial charge in [0.25, 0.3) is 5.91 Å². The predicted octanol–water partition coefficient (Wildman–Crippen LogP) is 3.24. The average Bonchev–Trinajstić information content (AvgIpc) is 3.34. The quantitative estimate of drug-likeness (QED) is 0.586. The van der Waals surface area contributed by atoms with Crippen molar-refractivity contribution < 1.29 is 4.79 Å². The van der Waals surface area contributed by atoms with E-state index in [1.54, 1.807) is 23.6 Å². The summed E-state index contributed by atoms with van der Waals surface area (Å²) in [7, 11) is 0. The molecule has 0 aromatic carbocycles. The SMILES string of the molecule is O=C(NCCCC1=CCNC=C1)c1ccnc2nc(-c3ccsc3)[nH]c12. The number of pyridine rings is 1. The zero-order valence-electron chi connectivity index (χ0n) is 14.2. The van der Waals surface area contributed by atoms with Crippen LogP contribution in [0, 0.1) is 0 Å². The minimum absolute atomic E-state index is 0.104. The fourth-order valence-electron chi connectivity index (χ4n) is 2.90. The molecule has 3 N–H and O–H groups in total. The number of hydrogen-bond acceptors (Lipinski definition) is 5. The molecule has 0 radical (unpaired) electrons. The van der Waals surface area contributed by atoms with Gasteiger partial charge in [0.05, 0.1) is 11.1 Å². The summed E-state index contributed by atoms with van der Waals surface area (Å²) >= 11 is 1.61. The highest BCUT2D eigenvalue weighted by Crippen LogP contribution is 2.23. The maximum atomic E-state index is 12.6. The molecule has 1 aliphatic rings. The Labute approximate surface area is 155 Å². The third kappa shape index (κ3) is 3.52. The van der Waals surface area contributed by atoms with Gasteiger partial charge in [0.2, 0.25) is 0 Å². The molecule has 0 bridgehead atoms. The molecule has 4 heterocycles. The molecular weight excluding hydrogens is 346 g/mol.